The molecule has 0 unspecified atom stereocenters. The molecule has 0 atom stereocenters. The molecule has 0 saturated heterocycles. The van der Waals surface area contributed by atoms with E-state index in [1.54, 1.807) is 12.1 Å². The zero-order valence-corrected chi connectivity index (χ0v) is 16.0. The van der Waals surface area contributed by atoms with E-state index in [4.69, 9.17) is 0 Å². The highest BCUT2D eigenvalue weighted by Crippen LogP contribution is 2.41. The summed E-state index contributed by atoms with van der Waals surface area (Å²) in [5, 5.41) is 0. The van der Waals surface area contributed by atoms with Gasteiger partial charge in [0.25, 0.3) is 0 Å². The molecule has 0 amide bonds. The van der Waals surface area contributed by atoms with E-state index in [2.05, 4.69) is 79.1 Å². The number of rotatable bonds is 2. The van der Waals surface area contributed by atoms with Crippen molar-refractivity contribution in [2.45, 2.75) is 19.3 Å². The molecule has 2 heteroatoms. The van der Waals surface area contributed by atoms with Crippen molar-refractivity contribution in [3.8, 4) is 28.1 Å². The van der Waals surface area contributed by atoms with E-state index in [-0.39, 0.29) is 11.2 Å². The summed E-state index contributed by atoms with van der Waals surface area (Å²) in [4.78, 5) is 0. The number of pyridine rings is 1. The molecule has 2 heterocycles. The quantitative estimate of drug-likeness (QED) is 0.379. The summed E-state index contributed by atoms with van der Waals surface area (Å²) in [6.45, 7) is 4.35. The Morgan fingerprint density at radius 3 is 2.00 bits per heavy atom. The molecule has 0 fully saturated rings. The van der Waals surface area contributed by atoms with Gasteiger partial charge in [0, 0.05) is 29.3 Å². The Morgan fingerprint density at radius 2 is 1.32 bits per heavy atom. The smallest absolute Gasteiger partial charge is 0.207 e. The van der Waals surface area contributed by atoms with Gasteiger partial charge >= 0.3 is 0 Å². The van der Waals surface area contributed by atoms with Crippen molar-refractivity contribution in [1.29, 1.82) is 0 Å². The SMILES string of the molecule is CC1(C)c2cc(F)ccc2-[n+]2c(-c3ccccc3)cc(-c3ccccc3)cc21. The van der Waals surface area contributed by atoms with Crippen LogP contribution in [0.1, 0.15) is 25.1 Å². The Balaban J connectivity index is 1.87. The van der Waals surface area contributed by atoms with E-state index in [0.717, 1.165) is 22.5 Å². The van der Waals surface area contributed by atoms with Gasteiger partial charge < -0.3 is 0 Å². The Hall–Kier alpha value is -3.26. The van der Waals surface area contributed by atoms with Crippen molar-refractivity contribution in [3.63, 3.8) is 0 Å². The third-order valence-corrected chi connectivity index (χ3v) is 5.76. The summed E-state index contributed by atoms with van der Waals surface area (Å²) in [7, 11) is 0. The molecule has 136 valence electrons. The number of halogens is 1. The van der Waals surface area contributed by atoms with E-state index in [1.807, 2.05) is 18.2 Å². The van der Waals surface area contributed by atoms with E-state index in [0.29, 0.717) is 0 Å². The van der Waals surface area contributed by atoms with Crippen LogP contribution in [0.2, 0.25) is 0 Å². The van der Waals surface area contributed by atoms with Gasteiger partial charge in [0.1, 0.15) is 5.82 Å². The van der Waals surface area contributed by atoms with Gasteiger partial charge in [-0.2, -0.15) is 4.57 Å². The van der Waals surface area contributed by atoms with Crippen LogP contribution in [0.4, 0.5) is 4.39 Å². The summed E-state index contributed by atoms with van der Waals surface area (Å²) < 4.78 is 16.4. The molecule has 0 N–H and O–H groups in total. The topological polar surface area (TPSA) is 3.88 Å². The highest BCUT2D eigenvalue weighted by Gasteiger charge is 2.46. The highest BCUT2D eigenvalue weighted by atomic mass is 19.1. The standard InChI is InChI=1S/C26H21FN/c1-26(2)22-17-21(27)13-14-23(22)28-24(19-11-7-4-8-12-19)15-20(16-25(26)28)18-9-5-3-6-10-18/h3-17H,1-2H3/q+1. The third kappa shape index (κ3) is 2.49. The molecular weight excluding hydrogens is 345 g/mol. The van der Waals surface area contributed by atoms with Crippen molar-refractivity contribution in [3.05, 3.63) is 108 Å². The van der Waals surface area contributed by atoms with Crippen LogP contribution in [0.3, 0.4) is 0 Å². The molecule has 1 aromatic heterocycles. The Labute approximate surface area is 164 Å². The second-order valence-electron chi connectivity index (χ2n) is 7.87. The number of fused-ring (bicyclic) bond motifs is 3. The lowest BCUT2D eigenvalue weighted by Crippen LogP contribution is -2.37. The molecule has 1 aliphatic heterocycles. The lowest BCUT2D eigenvalue weighted by Gasteiger charge is -2.15. The second kappa shape index (κ2) is 6.13. The lowest BCUT2D eigenvalue weighted by molar-refractivity contribution is -0.588. The molecule has 0 bridgehead atoms. The summed E-state index contributed by atoms with van der Waals surface area (Å²) in [5.74, 6) is -0.190. The summed E-state index contributed by atoms with van der Waals surface area (Å²) in [5.41, 5.74) is 7.59. The minimum absolute atomic E-state index is 0.190. The molecule has 3 aromatic carbocycles. The van der Waals surface area contributed by atoms with Gasteiger partial charge in [-0.15, -0.1) is 0 Å². The minimum Gasteiger partial charge on any atom is -0.207 e. The van der Waals surface area contributed by atoms with Crippen LogP contribution in [-0.2, 0) is 5.41 Å². The fraction of sp³-hybridized carbons (Fsp3) is 0.115. The molecule has 4 aromatic rings. The molecule has 0 radical (unpaired) electrons. The van der Waals surface area contributed by atoms with Crippen LogP contribution in [0.5, 0.6) is 0 Å². The fourth-order valence-electron chi connectivity index (χ4n) is 4.28. The van der Waals surface area contributed by atoms with Crippen molar-refractivity contribution >= 4 is 0 Å². The van der Waals surface area contributed by atoms with E-state index >= 15 is 0 Å². The Bertz CT molecular complexity index is 1180. The molecule has 28 heavy (non-hydrogen) atoms. The molecule has 0 aliphatic carbocycles. The van der Waals surface area contributed by atoms with E-state index in [9.17, 15) is 4.39 Å². The van der Waals surface area contributed by atoms with Gasteiger partial charge in [0.05, 0.1) is 5.41 Å². The van der Waals surface area contributed by atoms with Crippen molar-refractivity contribution < 1.29 is 8.96 Å². The Morgan fingerprint density at radius 1 is 0.679 bits per heavy atom. The second-order valence-corrected chi connectivity index (χ2v) is 7.87. The third-order valence-electron chi connectivity index (χ3n) is 5.76. The lowest BCUT2D eigenvalue weighted by atomic mass is 9.82. The predicted octanol–water partition coefficient (Wildman–Crippen LogP) is 6.08. The van der Waals surface area contributed by atoms with Gasteiger partial charge in [0.15, 0.2) is 5.69 Å². The summed E-state index contributed by atoms with van der Waals surface area (Å²) in [6, 6.07) is 30.5. The van der Waals surface area contributed by atoms with Crippen molar-refractivity contribution in [2.24, 2.45) is 0 Å². The Kier molecular flexibility index (Phi) is 3.70. The number of benzene rings is 3. The normalized spacial score (nSPS) is 13.8. The van der Waals surface area contributed by atoms with Crippen LogP contribution in [0.15, 0.2) is 91.0 Å². The first-order chi connectivity index (χ1) is 13.6. The summed E-state index contributed by atoms with van der Waals surface area (Å²) in [6.07, 6.45) is 0. The van der Waals surface area contributed by atoms with Gasteiger partial charge in [-0.25, -0.2) is 4.39 Å². The van der Waals surface area contributed by atoms with Gasteiger partial charge in [-0.1, -0.05) is 48.5 Å². The van der Waals surface area contributed by atoms with E-state index in [1.165, 1.54) is 16.8 Å². The van der Waals surface area contributed by atoms with Crippen LogP contribution in [-0.4, -0.2) is 0 Å². The number of aromatic nitrogens is 1. The van der Waals surface area contributed by atoms with Gasteiger partial charge in [-0.3, -0.25) is 0 Å². The number of hydrogen-bond donors (Lipinski definition) is 0. The predicted molar refractivity (Wildman–Crippen MR) is 111 cm³/mol. The number of hydrogen-bond acceptors (Lipinski definition) is 0. The first kappa shape index (κ1) is 16.9. The maximum absolute atomic E-state index is 14.1. The zero-order chi connectivity index (χ0) is 19.3. The molecule has 1 aliphatic rings. The maximum atomic E-state index is 14.1. The maximum Gasteiger partial charge on any atom is 0.219 e. The fourth-order valence-corrected chi connectivity index (χ4v) is 4.28. The average Bonchev–Trinajstić information content (AvgIpc) is 2.95. The van der Waals surface area contributed by atoms with Crippen LogP contribution in [0, 0.1) is 5.82 Å². The first-order valence-corrected chi connectivity index (χ1v) is 9.57. The van der Waals surface area contributed by atoms with Crippen LogP contribution >= 0.6 is 0 Å². The molecule has 0 spiro atoms. The molecule has 5 rings (SSSR count). The van der Waals surface area contributed by atoms with Gasteiger partial charge in [-0.05, 0) is 49.2 Å². The van der Waals surface area contributed by atoms with E-state index < -0.39 is 0 Å². The zero-order valence-electron chi connectivity index (χ0n) is 16.0. The van der Waals surface area contributed by atoms with Gasteiger partial charge in [0.2, 0.25) is 11.4 Å². The molecule has 1 nitrogen and oxygen atoms in total. The summed E-state index contributed by atoms with van der Waals surface area (Å²) >= 11 is 0. The molecular formula is C26H21FN+. The highest BCUT2D eigenvalue weighted by molar-refractivity contribution is 5.71. The monoisotopic (exact) mass is 366 g/mol. The van der Waals surface area contributed by atoms with Crippen molar-refractivity contribution in [1.82, 2.24) is 0 Å². The molecule has 0 saturated carbocycles. The minimum atomic E-state index is -0.286. The first-order valence-electron chi connectivity index (χ1n) is 9.57. The average molecular weight is 366 g/mol. The number of nitrogens with zero attached hydrogens (tertiary/aromatic N) is 1. The van der Waals surface area contributed by atoms with Crippen LogP contribution < -0.4 is 4.57 Å². The van der Waals surface area contributed by atoms with Crippen LogP contribution in [0.25, 0.3) is 28.1 Å². The largest absolute Gasteiger partial charge is 0.219 e. The van der Waals surface area contributed by atoms with Crippen molar-refractivity contribution in [2.75, 3.05) is 0 Å².